The zero-order chi connectivity index (χ0) is 26.8. The zero-order valence-corrected chi connectivity index (χ0v) is 22.2. The van der Waals surface area contributed by atoms with Gasteiger partial charge in [0.2, 0.25) is 5.91 Å². The molecule has 0 radical (unpaired) electrons. The molecule has 1 aromatic carbocycles. The molecule has 0 fully saturated rings. The van der Waals surface area contributed by atoms with Crippen molar-refractivity contribution in [2.45, 2.75) is 58.7 Å². The number of terminal acetylenes is 1. The highest BCUT2D eigenvalue weighted by molar-refractivity contribution is 7.98. The molecule has 0 saturated carbocycles. The predicted octanol–water partition coefficient (Wildman–Crippen LogP) is 2.70. The largest absolute Gasteiger partial charge is 0.468 e. The maximum absolute atomic E-state index is 13.6. The average molecular weight is 506 g/mol. The Labute approximate surface area is 211 Å². The Bertz CT molecular complexity index is 967. The topological polar surface area (TPSA) is 114 Å². The highest BCUT2D eigenvalue weighted by Crippen LogP contribution is 2.25. The third-order valence-electron chi connectivity index (χ3n) is 4.96. The van der Waals surface area contributed by atoms with Gasteiger partial charge < -0.3 is 20.1 Å². The van der Waals surface area contributed by atoms with Crippen molar-refractivity contribution < 1.29 is 28.7 Å². The van der Waals surface area contributed by atoms with Gasteiger partial charge in [-0.3, -0.25) is 19.3 Å². The van der Waals surface area contributed by atoms with Crippen LogP contribution >= 0.6 is 11.8 Å². The summed E-state index contributed by atoms with van der Waals surface area (Å²) in [5.41, 5.74) is 1.58. The highest BCUT2D eigenvalue weighted by Gasteiger charge is 2.36. The standard InChI is InChI=1S/C25H35N3O6S/c1-9-28(23(31)19(12-13-35-8)27-24(32)34-25(4,5)6)21(22(30)26-15-20(29)33-7)18-11-10-16(2)17(3)14-18/h1,10-11,14,19,21H,12-13,15H2,2-8H3,(H,26,30)(H,27,32). The number of aryl methyl sites for hydroxylation is 2. The van der Waals surface area contributed by atoms with Gasteiger partial charge in [0.05, 0.1) is 7.11 Å². The van der Waals surface area contributed by atoms with Crippen LogP contribution in [0.2, 0.25) is 0 Å². The summed E-state index contributed by atoms with van der Waals surface area (Å²) in [5, 5.41) is 5.05. The van der Waals surface area contributed by atoms with E-state index in [1.165, 1.54) is 18.9 Å². The maximum atomic E-state index is 13.6. The van der Waals surface area contributed by atoms with Gasteiger partial charge in [-0.05, 0) is 69.7 Å². The molecule has 0 bridgehead atoms. The fraction of sp³-hybridized carbons (Fsp3) is 0.520. The number of methoxy groups -OCH3 is 1. The van der Waals surface area contributed by atoms with Gasteiger partial charge in [0, 0.05) is 6.04 Å². The van der Waals surface area contributed by atoms with E-state index >= 15 is 0 Å². The minimum atomic E-state index is -1.24. The van der Waals surface area contributed by atoms with E-state index in [0.717, 1.165) is 16.0 Å². The van der Waals surface area contributed by atoms with Gasteiger partial charge in [0.1, 0.15) is 24.2 Å². The number of hydrogen-bond acceptors (Lipinski definition) is 7. The van der Waals surface area contributed by atoms with Gasteiger partial charge in [-0.15, -0.1) is 0 Å². The number of amides is 3. The van der Waals surface area contributed by atoms with Crippen LogP contribution in [-0.4, -0.2) is 66.1 Å². The Kier molecular flexibility index (Phi) is 11.6. The zero-order valence-electron chi connectivity index (χ0n) is 21.4. The summed E-state index contributed by atoms with van der Waals surface area (Å²) in [6, 6.07) is 5.30. The molecular weight excluding hydrogens is 470 g/mol. The van der Waals surface area contributed by atoms with Crippen LogP contribution in [0.3, 0.4) is 0 Å². The molecule has 35 heavy (non-hydrogen) atoms. The van der Waals surface area contributed by atoms with Crippen molar-refractivity contribution in [3.8, 4) is 12.5 Å². The Hall–Kier alpha value is -3.19. The van der Waals surface area contributed by atoms with E-state index in [1.807, 2.05) is 26.2 Å². The first-order chi connectivity index (χ1) is 16.3. The summed E-state index contributed by atoms with van der Waals surface area (Å²) >= 11 is 1.49. The molecule has 1 rings (SSSR count). The molecule has 2 atom stereocenters. The lowest BCUT2D eigenvalue weighted by atomic mass is 9.98. The van der Waals surface area contributed by atoms with Crippen molar-refractivity contribution in [3.05, 3.63) is 34.9 Å². The van der Waals surface area contributed by atoms with E-state index in [2.05, 4.69) is 21.4 Å². The van der Waals surface area contributed by atoms with Gasteiger partial charge in [-0.1, -0.05) is 24.6 Å². The normalized spacial score (nSPS) is 12.5. The monoisotopic (exact) mass is 505 g/mol. The molecule has 10 heteroatoms. The maximum Gasteiger partial charge on any atom is 0.408 e. The first kappa shape index (κ1) is 29.8. The molecular formula is C25H35N3O6S. The van der Waals surface area contributed by atoms with Gasteiger partial charge in [-0.25, -0.2) is 4.79 Å². The lowest BCUT2D eigenvalue weighted by Crippen LogP contribution is -2.52. The number of rotatable bonds is 10. The van der Waals surface area contributed by atoms with Crippen molar-refractivity contribution in [1.29, 1.82) is 0 Å². The van der Waals surface area contributed by atoms with E-state index in [9.17, 15) is 19.2 Å². The van der Waals surface area contributed by atoms with Crippen molar-refractivity contribution in [2.24, 2.45) is 0 Å². The molecule has 2 unspecified atom stereocenters. The number of hydrogen-bond donors (Lipinski definition) is 2. The molecule has 2 N–H and O–H groups in total. The lowest BCUT2D eigenvalue weighted by Gasteiger charge is -2.30. The van der Waals surface area contributed by atoms with E-state index in [1.54, 1.807) is 32.9 Å². The Morgan fingerprint density at radius 1 is 1.17 bits per heavy atom. The second-order valence-electron chi connectivity index (χ2n) is 8.86. The summed E-state index contributed by atoms with van der Waals surface area (Å²) < 4.78 is 9.88. The molecule has 192 valence electrons. The molecule has 3 amide bonds. The summed E-state index contributed by atoms with van der Waals surface area (Å²) in [6.07, 6.45) is 7.09. The van der Waals surface area contributed by atoms with E-state index in [-0.39, 0.29) is 6.42 Å². The first-order valence-corrected chi connectivity index (χ1v) is 12.4. The summed E-state index contributed by atoms with van der Waals surface area (Å²) in [7, 11) is 1.20. The molecule has 0 aliphatic carbocycles. The lowest BCUT2D eigenvalue weighted by molar-refractivity contribution is -0.142. The number of benzene rings is 1. The molecule has 9 nitrogen and oxygen atoms in total. The fourth-order valence-corrected chi connectivity index (χ4v) is 3.53. The second kappa shape index (κ2) is 13.6. The number of esters is 1. The summed E-state index contributed by atoms with van der Waals surface area (Å²) in [6.45, 7) is 8.52. The molecule has 0 spiro atoms. The molecule has 0 saturated heterocycles. The molecule has 0 heterocycles. The predicted molar refractivity (Wildman–Crippen MR) is 136 cm³/mol. The third-order valence-corrected chi connectivity index (χ3v) is 5.61. The smallest absolute Gasteiger partial charge is 0.408 e. The summed E-state index contributed by atoms with van der Waals surface area (Å²) in [5.74, 6) is -1.41. The number of nitrogens with one attached hydrogen (secondary N) is 2. The molecule has 0 aromatic heterocycles. The van der Waals surface area contributed by atoms with Crippen LogP contribution in [0.4, 0.5) is 4.79 Å². The first-order valence-electron chi connectivity index (χ1n) is 11.0. The van der Waals surface area contributed by atoms with Crippen LogP contribution in [0.5, 0.6) is 0 Å². The quantitative estimate of drug-likeness (QED) is 0.285. The van der Waals surface area contributed by atoms with Gasteiger partial charge in [0.15, 0.2) is 0 Å². The molecule has 0 aliphatic heterocycles. The molecule has 0 aliphatic rings. The van der Waals surface area contributed by atoms with Crippen molar-refractivity contribution in [1.82, 2.24) is 15.5 Å². The minimum Gasteiger partial charge on any atom is -0.468 e. The van der Waals surface area contributed by atoms with Crippen LogP contribution in [0.25, 0.3) is 0 Å². The Morgan fingerprint density at radius 3 is 2.34 bits per heavy atom. The Balaban J connectivity index is 3.38. The van der Waals surface area contributed by atoms with Crippen LogP contribution in [0.1, 0.15) is 49.9 Å². The van der Waals surface area contributed by atoms with Crippen LogP contribution in [-0.2, 0) is 23.9 Å². The fourth-order valence-electron chi connectivity index (χ4n) is 3.06. The Morgan fingerprint density at radius 2 is 1.83 bits per heavy atom. The third kappa shape index (κ3) is 9.53. The van der Waals surface area contributed by atoms with Gasteiger partial charge in [0.25, 0.3) is 5.91 Å². The number of nitrogens with zero attached hydrogens (tertiary/aromatic N) is 1. The number of alkyl carbamates (subject to hydrolysis) is 1. The van der Waals surface area contributed by atoms with Crippen LogP contribution in [0, 0.1) is 26.3 Å². The van der Waals surface area contributed by atoms with Gasteiger partial charge >= 0.3 is 12.1 Å². The van der Waals surface area contributed by atoms with Crippen molar-refractivity contribution in [3.63, 3.8) is 0 Å². The molecule has 1 aromatic rings. The minimum absolute atomic E-state index is 0.265. The van der Waals surface area contributed by atoms with E-state index in [0.29, 0.717) is 11.3 Å². The van der Waals surface area contributed by atoms with E-state index < -0.39 is 48.1 Å². The number of carbonyl (C=O) groups excluding carboxylic acids is 4. The van der Waals surface area contributed by atoms with Crippen LogP contribution in [0.15, 0.2) is 18.2 Å². The van der Waals surface area contributed by atoms with Crippen LogP contribution < -0.4 is 10.6 Å². The number of ether oxygens (including phenoxy) is 2. The average Bonchev–Trinajstić information content (AvgIpc) is 2.78. The second-order valence-corrected chi connectivity index (χ2v) is 9.84. The van der Waals surface area contributed by atoms with Crippen molar-refractivity contribution >= 4 is 35.6 Å². The number of thioether (sulfide) groups is 1. The summed E-state index contributed by atoms with van der Waals surface area (Å²) in [4.78, 5) is 51.7. The number of carbonyl (C=O) groups is 4. The van der Waals surface area contributed by atoms with Crippen molar-refractivity contribution in [2.75, 3.05) is 25.7 Å². The SMILES string of the molecule is C#CN(C(=O)C(CCSC)NC(=O)OC(C)(C)C)C(C(=O)NCC(=O)OC)c1ccc(C)c(C)c1. The van der Waals surface area contributed by atoms with E-state index in [4.69, 9.17) is 11.2 Å². The van der Waals surface area contributed by atoms with Gasteiger partial charge in [-0.2, -0.15) is 11.8 Å². The highest BCUT2D eigenvalue weighted by atomic mass is 32.2.